The number of halogens is 1. The Balaban J connectivity index is 1.91. The largest absolute Gasteiger partial charge is 0.423 e. The molecule has 0 saturated carbocycles. The van der Waals surface area contributed by atoms with Crippen molar-refractivity contribution >= 4 is 28.5 Å². The van der Waals surface area contributed by atoms with Crippen LogP contribution in [0.1, 0.15) is 10.4 Å². The fraction of sp³-hybridized carbons (Fsp3) is 0. The number of hydrogen-bond acceptors (Lipinski definition) is 4. The molecule has 0 saturated heterocycles. The summed E-state index contributed by atoms with van der Waals surface area (Å²) in [6.45, 7) is 0. The summed E-state index contributed by atoms with van der Waals surface area (Å²) in [7, 11) is 0. The quantitative estimate of drug-likeness (QED) is 0.412. The van der Waals surface area contributed by atoms with Gasteiger partial charge in [0, 0.05) is 22.5 Å². The molecule has 0 unspecified atom stereocenters. The van der Waals surface area contributed by atoms with Gasteiger partial charge in [-0.1, -0.05) is 17.7 Å². The summed E-state index contributed by atoms with van der Waals surface area (Å²) in [4.78, 5) is 23.2. The van der Waals surface area contributed by atoms with E-state index in [4.69, 9.17) is 20.8 Å². The fourth-order valence-corrected chi connectivity index (χ4v) is 2.08. The van der Waals surface area contributed by atoms with Gasteiger partial charge in [0.25, 0.3) is 0 Å². The number of carbonyl (C=O) groups excluding carboxylic acids is 1. The summed E-state index contributed by atoms with van der Waals surface area (Å²) < 4.78 is 10.3. The van der Waals surface area contributed by atoms with Crippen molar-refractivity contribution in [2.45, 2.75) is 0 Å². The third-order valence-electron chi connectivity index (χ3n) is 2.87. The molecule has 0 N–H and O–H groups in total. The Kier molecular flexibility index (Phi) is 3.46. The van der Waals surface area contributed by atoms with Crippen LogP contribution in [0, 0.1) is 0 Å². The molecule has 3 aromatic rings. The normalized spacial score (nSPS) is 10.5. The predicted molar refractivity (Wildman–Crippen MR) is 78.9 cm³/mol. The molecule has 0 fully saturated rings. The molecule has 0 radical (unpaired) electrons. The smallest absolute Gasteiger partial charge is 0.343 e. The molecule has 1 aromatic heterocycles. The van der Waals surface area contributed by atoms with Gasteiger partial charge in [-0.2, -0.15) is 0 Å². The second-order valence-corrected chi connectivity index (χ2v) is 4.79. The molecule has 0 aliphatic rings. The first-order chi connectivity index (χ1) is 10.1. The van der Waals surface area contributed by atoms with E-state index in [0.29, 0.717) is 21.9 Å². The molecule has 3 rings (SSSR count). The summed E-state index contributed by atoms with van der Waals surface area (Å²) in [5, 5.41) is 1.20. The SMILES string of the molecule is O=C(Oc1ccc2ccc(=O)oc2c1)c1cccc(Cl)c1. The van der Waals surface area contributed by atoms with Gasteiger partial charge in [0.2, 0.25) is 0 Å². The van der Waals surface area contributed by atoms with E-state index in [2.05, 4.69) is 0 Å². The van der Waals surface area contributed by atoms with Crippen molar-refractivity contribution in [3.8, 4) is 5.75 Å². The van der Waals surface area contributed by atoms with Crippen LogP contribution < -0.4 is 10.4 Å². The zero-order valence-corrected chi connectivity index (χ0v) is 11.5. The zero-order valence-electron chi connectivity index (χ0n) is 10.7. The first kappa shape index (κ1) is 13.4. The first-order valence-corrected chi connectivity index (χ1v) is 6.51. The Labute approximate surface area is 124 Å². The van der Waals surface area contributed by atoms with E-state index < -0.39 is 11.6 Å². The average molecular weight is 301 g/mol. The Morgan fingerprint density at radius 2 is 1.86 bits per heavy atom. The number of fused-ring (bicyclic) bond motifs is 1. The standard InChI is InChI=1S/C16H9ClO4/c17-12-3-1-2-11(8-12)16(19)20-13-6-4-10-5-7-15(18)21-14(10)9-13/h1-9H. The van der Waals surface area contributed by atoms with Gasteiger partial charge in [-0.15, -0.1) is 0 Å². The van der Waals surface area contributed by atoms with Crippen LogP contribution in [0.2, 0.25) is 5.02 Å². The monoisotopic (exact) mass is 300 g/mol. The highest BCUT2D eigenvalue weighted by atomic mass is 35.5. The van der Waals surface area contributed by atoms with Crippen molar-refractivity contribution in [2.75, 3.05) is 0 Å². The number of hydrogen-bond donors (Lipinski definition) is 0. The van der Waals surface area contributed by atoms with Crippen LogP contribution in [0.4, 0.5) is 0 Å². The summed E-state index contributed by atoms with van der Waals surface area (Å²) in [6, 6.07) is 14.3. The van der Waals surface area contributed by atoms with Gasteiger partial charge in [-0.05, 0) is 36.4 Å². The van der Waals surface area contributed by atoms with Gasteiger partial charge >= 0.3 is 11.6 Å². The fourth-order valence-electron chi connectivity index (χ4n) is 1.89. The Hall–Kier alpha value is -2.59. The third kappa shape index (κ3) is 2.95. The number of esters is 1. The van der Waals surface area contributed by atoms with Crippen molar-refractivity contribution in [1.82, 2.24) is 0 Å². The van der Waals surface area contributed by atoms with E-state index >= 15 is 0 Å². The molecule has 0 spiro atoms. The minimum absolute atomic E-state index is 0.293. The molecule has 5 heteroatoms. The van der Waals surface area contributed by atoms with Crippen LogP contribution in [-0.2, 0) is 0 Å². The lowest BCUT2D eigenvalue weighted by molar-refractivity contribution is 0.0735. The van der Waals surface area contributed by atoms with E-state index in [1.807, 2.05) is 0 Å². The summed E-state index contributed by atoms with van der Waals surface area (Å²) >= 11 is 5.83. The molecule has 0 aliphatic carbocycles. The molecule has 4 nitrogen and oxygen atoms in total. The summed E-state index contributed by atoms with van der Waals surface area (Å²) in [5.74, 6) is -0.239. The van der Waals surface area contributed by atoms with Gasteiger partial charge in [0.1, 0.15) is 11.3 Å². The molecule has 104 valence electrons. The maximum atomic E-state index is 12.0. The number of benzene rings is 2. The highest BCUT2D eigenvalue weighted by Gasteiger charge is 2.10. The zero-order chi connectivity index (χ0) is 14.8. The summed E-state index contributed by atoms with van der Waals surface area (Å²) in [6.07, 6.45) is 0. The minimum atomic E-state index is -0.532. The van der Waals surface area contributed by atoms with Crippen molar-refractivity contribution in [3.05, 3.63) is 75.6 Å². The molecule has 0 aliphatic heterocycles. The van der Waals surface area contributed by atoms with Crippen molar-refractivity contribution in [3.63, 3.8) is 0 Å². The topological polar surface area (TPSA) is 56.5 Å². The molecule has 2 aromatic carbocycles. The Bertz CT molecular complexity index is 883. The second kappa shape index (κ2) is 5.42. The first-order valence-electron chi connectivity index (χ1n) is 6.13. The van der Waals surface area contributed by atoms with Crippen LogP contribution >= 0.6 is 11.6 Å². The van der Waals surface area contributed by atoms with Crippen LogP contribution in [0.15, 0.2) is 63.8 Å². The van der Waals surface area contributed by atoms with Gasteiger partial charge in [-0.3, -0.25) is 0 Å². The molecule has 21 heavy (non-hydrogen) atoms. The van der Waals surface area contributed by atoms with Gasteiger partial charge in [0.05, 0.1) is 5.56 Å². The molecule has 0 amide bonds. The van der Waals surface area contributed by atoms with Gasteiger partial charge in [0.15, 0.2) is 0 Å². The van der Waals surface area contributed by atoms with E-state index in [0.717, 1.165) is 5.39 Å². The van der Waals surface area contributed by atoms with Gasteiger partial charge < -0.3 is 9.15 Å². The van der Waals surface area contributed by atoms with E-state index in [-0.39, 0.29) is 0 Å². The number of carbonyl (C=O) groups is 1. The molecular formula is C16H9ClO4. The third-order valence-corrected chi connectivity index (χ3v) is 3.10. The lowest BCUT2D eigenvalue weighted by atomic mass is 10.2. The maximum absolute atomic E-state index is 12.0. The van der Waals surface area contributed by atoms with Crippen molar-refractivity contribution in [1.29, 1.82) is 0 Å². The highest BCUT2D eigenvalue weighted by molar-refractivity contribution is 6.30. The minimum Gasteiger partial charge on any atom is -0.423 e. The second-order valence-electron chi connectivity index (χ2n) is 4.35. The van der Waals surface area contributed by atoms with Crippen LogP contribution in [0.25, 0.3) is 11.0 Å². The van der Waals surface area contributed by atoms with Crippen LogP contribution in [0.5, 0.6) is 5.75 Å². The van der Waals surface area contributed by atoms with Crippen LogP contribution in [-0.4, -0.2) is 5.97 Å². The van der Waals surface area contributed by atoms with Crippen molar-refractivity contribution in [2.24, 2.45) is 0 Å². The van der Waals surface area contributed by atoms with Crippen molar-refractivity contribution < 1.29 is 13.9 Å². The molecule has 0 atom stereocenters. The van der Waals surface area contributed by atoms with Crippen LogP contribution in [0.3, 0.4) is 0 Å². The molecule has 1 heterocycles. The summed E-state index contributed by atoms with van der Waals surface area (Å²) in [5.41, 5.74) is 0.247. The lowest BCUT2D eigenvalue weighted by Crippen LogP contribution is -2.08. The number of rotatable bonds is 2. The highest BCUT2D eigenvalue weighted by Crippen LogP contribution is 2.21. The van der Waals surface area contributed by atoms with E-state index in [1.165, 1.54) is 18.2 Å². The van der Waals surface area contributed by atoms with E-state index in [9.17, 15) is 9.59 Å². The molecular weight excluding hydrogens is 292 g/mol. The predicted octanol–water partition coefficient (Wildman–Crippen LogP) is 3.67. The van der Waals surface area contributed by atoms with E-state index in [1.54, 1.807) is 36.4 Å². The van der Waals surface area contributed by atoms with Gasteiger partial charge in [-0.25, -0.2) is 9.59 Å². The maximum Gasteiger partial charge on any atom is 0.343 e. The number of ether oxygens (including phenoxy) is 1. The Morgan fingerprint density at radius 1 is 1.05 bits per heavy atom. The Morgan fingerprint density at radius 3 is 2.67 bits per heavy atom. The molecule has 0 bridgehead atoms. The average Bonchev–Trinajstić information content (AvgIpc) is 2.46. The lowest BCUT2D eigenvalue weighted by Gasteiger charge is -2.05.